The molecule has 4 nitrogen and oxygen atoms in total. The fourth-order valence-corrected chi connectivity index (χ4v) is 4.01. The number of thioether (sulfide) groups is 1. The lowest BCUT2D eigenvalue weighted by Crippen LogP contribution is -2.10. The fourth-order valence-electron chi connectivity index (χ4n) is 3.10. The van der Waals surface area contributed by atoms with Crippen LogP contribution in [0.3, 0.4) is 0 Å². The Hall–Kier alpha value is -2.92. The Balaban J connectivity index is 1.63. The zero-order valence-electron chi connectivity index (χ0n) is 16.9. The molecule has 0 radical (unpaired) electrons. The van der Waals surface area contributed by atoms with E-state index in [0.717, 1.165) is 28.0 Å². The van der Waals surface area contributed by atoms with Gasteiger partial charge in [0.1, 0.15) is 0 Å². The number of hydrogen-bond donors (Lipinski definition) is 0. The molecule has 0 atom stereocenters. The zero-order valence-corrected chi connectivity index (χ0v) is 17.7. The van der Waals surface area contributed by atoms with Crippen molar-refractivity contribution < 1.29 is 0 Å². The standard InChI is InChI=1S/C24H24N4S/c1-24(2,3)20-13-11-18(12-14-20)17-29-23-27-26-22(19-8-7-15-25-16-19)28(23)21-9-5-4-6-10-21/h4-16H,17H2,1-3H3. The minimum atomic E-state index is 0.164. The first-order valence-electron chi connectivity index (χ1n) is 9.66. The number of hydrogen-bond acceptors (Lipinski definition) is 4. The van der Waals surface area contributed by atoms with E-state index in [0.29, 0.717) is 0 Å². The summed E-state index contributed by atoms with van der Waals surface area (Å²) >= 11 is 1.69. The summed E-state index contributed by atoms with van der Waals surface area (Å²) in [6.45, 7) is 6.71. The van der Waals surface area contributed by atoms with Crippen LogP contribution in [0.5, 0.6) is 0 Å². The Kier molecular flexibility index (Phi) is 5.49. The molecule has 0 fully saturated rings. The van der Waals surface area contributed by atoms with Crippen LogP contribution < -0.4 is 0 Å². The van der Waals surface area contributed by atoms with E-state index in [-0.39, 0.29) is 5.41 Å². The van der Waals surface area contributed by atoms with Gasteiger partial charge in [0.05, 0.1) is 0 Å². The van der Waals surface area contributed by atoms with Gasteiger partial charge in [-0.25, -0.2) is 0 Å². The lowest BCUT2D eigenvalue weighted by atomic mass is 9.87. The number of benzene rings is 2. The third-order valence-corrected chi connectivity index (χ3v) is 5.76. The van der Waals surface area contributed by atoms with Gasteiger partial charge in [0.25, 0.3) is 0 Å². The fraction of sp³-hybridized carbons (Fsp3) is 0.208. The Morgan fingerprint density at radius 3 is 2.28 bits per heavy atom. The second kappa shape index (κ2) is 8.21. The second-order valence-corrected chi connectivity index (χ2v) is 8.90. The maximum atomic E-state index is 4.49. The smallest absolute Gasteiger partial charge is 0.196 e. The largest absolute Gasteiger partial charge is 0.270 e. The van der Waals surface area contributed by atoms with Gasteiger partial charge in [0.15, 0.2) is 11.0 Å². The number of nitrogens with zero attached hydrogens (tertiary/aromatic N) is 4. The predicted molar refractivity (Wildman–Crippen MR) is 119 cm³/mol. The maximum absolute atomic E-state index is 4.49. The molecule has 0 bridgehead atoms. The van der Waals surface area contributed by atoms with Gasteiger partial charge in [-0.1, -0.05) is 75.0 Å². The highest BCUT2D eigenvalue weighted by atomic mass is 32.2. The highest BCUT2D eigenvalue weighted by molar-refractivity contribution is 7.98. The molecule has 0 saturated carbocycles. The van der Waals surface area contributed by atoms with E-state index in [2.05, 4.69) is 76.9 Å². The van der Waals surface area contributed by atoms with Gasteiger partial charge in [-0.3, -0.25) is 9.55 Å². The molecule has 0 aliphatic heterocycles. The Morgan fingerprint density at radius 1 is 0.862 bits per heavy atom. The van der Waals surface area contributed by atoms with Crippen LogP contribution in [-0.4, -0.2) is 19.7 Å². The molecule has 0 N–H and O–H groups in total. The molecular weight excluding hydrogens is 376 g/mol. The van der Waals surface area contributed by atoms with Gasteiger partial charge in [0, 0.05) is 29.4 Å². The van der Waals surface area contributed by atoms with Crippen molar-refractivity contribution in [1.82, 2.24) is 19.7 Å². The molecule has 2 aromatic heterocycles. The normalized spacial score (nSPS) is 11.6. The van der Waals surface area contributed by atoms with Crippen molar-refractivity contribution in [3.63, 3.8) is 0 Å². The summed E-state index contributed by atoms with van der Waals surface area (Å²) in [5.41, 5.74) is 4.77. The second-order valence-electron chi connectivity index (χ2n) is 7.95. The summed E-state index contributed by atoms with van der Waals surface area (Å²) in [7, 11) is 0. The summed E-state index contributed by atoms with van der Waals surface area (Å²) in [5.74, 6) is 1.64. The maximum Gasteiger partial charge on any atom is 0.196 e. The quantitative estimate of drug-likeness (QED) is 0.390. The zero-order chi connectivity index (χ0) is 20.3. The van der Waals surface area contributed by atoms with Crippen molar-refractivity contribution in [3.8, 4) is 17.1 Å². The van der Waals surface area contributed by atoms with Crippen LogP contribution >= 0.6 is 11.8 Å². The third-order valence-electron chi connectivity index (χ3n) is 4.76. The van der Waals surface area contributed by atoms with Crippen molar-refractivity contribution in [2.24, 2.45) is 0 Å². The van der Waals surface area contributed by atoms with E-state index in [1.54, 1.807) is 18.0 Å². The molecular formula is C24H24N4S. The molecule has 4 aromatic rings. The van der Waals surface area contributed by atoms with Crippen molar-refractivity contribution in [2.45, 2.75) is 37.1 Å². The van der Waals surface area contributed by atoms with E-state index in [1.807, 2.05) is 36.5 Å². The molecule has 0 saturated heterocycles. The SMILES string of the molecule is CC(C)(C)c1ccc(CSc2nnc(-c3cccnc3)n2-c2ccccc2)cc1. The van der Waals surface area contributed by atoms with Crippen molar-refractivity contribution in [2.75, 3.05) is 0 Å². The van der Waals surface area contributed by atoms with Gasteiger partial charge in [-0.15, -0.1) is 10.2 Å². The van der Waals surface area contributed by atoms with Gasteiger partial charge in [-0.2, -0.15) is 0 Å². The summed E-state index contributed by atoms with van der Waals surface area (Å²) in [6, 6.07) is 23.0. The van der Waals surface area contributed by atoms with Gasteiger partial charge in [-0.05, 0) is 40.8 Å². The van der Waals surface area contributed by atoms with Crippen LogP contribution in [-0.2, 0) is 11.2 Å². The van der Waals surface area contributed by atoms with Crippen LogP contribution in [0.1, 0.15) is 31.9 Å². The van der Waals surface area contributed by atoms with Crippen molar-refractivity contribution in [1.29, 1.82) is 0 Å². The molecule has 0 aliphatic rings. The third kappa shape index (κ3) is 4.40. The van der Waals surface area contributed by atoms with Gasteiger partial charge < -0.3 is 0 Å². The first kappa shape index (κ1) is 19.4. The van der Waals surface area contributed by atoms with Crippen LogP contribution in [0.4, 0.5) is 0 Å². The lowest BCUT2D eigenvalue weighted by molar-refractivity contribution is 0.590. The van der Waals surface area contributed by atoms with E-state index < -0.39 is 0 Å². The summed E-state index contributed by atoms with van der Waals surface area (Å²) < 4.78 is 2.10. The van der Waals surface area contributed by atoms with Crippen LogP contribution in [0.15, 0.2) is 84.3 Å². The minimum absolute atomic E-state index is 0.164. The van der Waals surface area contributed by atoms with Crippen LogP contribution in [0.25, 0.3) is 17.1 Å². The average molecular weight is 401 g/mol. The molecule has 146 valence electrons. The minimum Gasteiger partial charge on any atom is -0.270 e. The topological polar surface area (TPSA) is 43.6 Å². The molecule has 2 heterocycles. The monoisotopic (exact) mass is 400 g/mol. The first-order valence-corrected chi connectivity index (χ1v) is 10.6. The van der Waals surface area contributed by atoms with Crippen LogP contribution in [0.2, 0.25) is 0 Å². The molecule has 0 amide bonds. The van der Waals surface area contributed by atoms with Gasteiger partial charge in [0.2, 0.25) is 0 Å². The summed E-state index contributed by atoms with van der Waals surface area (Å²) in [5, 5.41) is 9.83. The molecule has 0 aliphatic carbocycles. The Morgan fingerprint density at radius 2 is 1.62 bits per heavy atom. The molecule has 29 heavy (non-hydrogen) atoms. The lowest BCUT2D eigenvalue weighted by Gasteiger charge is -2.19. The summed E-state index contributed by atoms with van der Waals surface area (Å²) in [4.78, 5) is 4.24. The number of aromatic nitrogens is 4. The highest BCUT2D eigenvalue weighted by Crippen LogP contribution is 2.30. The predicted octanol–water partition coefficient (Wildman–Crippen LogP) is 5.92. The van der Waals surface area contributed by atoms with E-state index in [1.165, 1.54) is 11.1 Å². The number of pyridine rings is 1. The van der Waals surface area contributed by atoms with Crippen molar-refractivity contribution in [3.05, 3.63) is 90.3 Å². The number of para-hydroxylation sites is 1. The molecule has 0 unspecified atom stereocenters. The molecule has 2 aromatic carbocycles. The average Bonchev–Trinajstić information content (AvgIpc) is 3.17. The molecule has 4 rings (SSSR count). The molecule has 0 spiro atoms. The van der Waals surface area contributed by atoms with E-state index in [9.17, 15) is 0 Å². The number of rotatable bonds is 5. The van der Waals surface area contributed by atoms with Crippen molar-refractivity contribution >= 4 is 11.8 Å². The Bertz CT molecular complexity index is 1070. The van der Waals surface area contributed by atoms with Gasteiger partial charge >= 0.3 is 0 Å². The van der Waals surface area contributed by atoms with E-state index in [4.69, 9.17) is 0 Å². The Labute approximate surface area is 176 Å². The van der Waals surface area contributed by atoms with E-state index >= 15 is 0 Å². The first-order chi connectivity index (χ1) is 14.0. The highest BCUT2D eigenvalue weighted by Gasteiger charge is 2.17. The molecule has 5 heteroatoms. The summed E-state index contributed by atoms with van der Waals surface area (Å²) in [6.07, 6.45) is 3.59. The van der Waals surface area contributed by atoms with Crippen LogP contribution in [0, 0.1) is 0 Å².